The van der Waals surface area contributed by atoms with Crippen LogP contribution >= 0.6 is 44.1 Å². The van der Waals surface area contributed by atoms with Gasteiger partial charge in [-0.25, -0.2) is 9.97 Å². The number of nitrogens with one attached hydrogen (secondary N) is 2. The van der Waals surface area contributed by atoms with E-state index in [-0.39, 0.29) is 0 Å². The molecule has 0 aliphatic heterocycles. The molecule has 1 heterocycles. The Labute approximate surface area is 144 Å². The van der Waals surface area contributed by atoms with Crippen molar-refractivity contribution < 1.29 is 4.74 Å². The van der Waals surface area contributed by atoms with Crippen LogP contribution in [0.4, 0.5) is 5.82 Å². The van der Waals surface area contributed by atoms with E-state index in [1.165, 1.54) is 0 Å². The normalized spacial score (nSPS) is 10.0. The summed E-state index contributed by atoms with van der Waals surface area (Å²) in [5, 5.41) is 6.57. The van der Waals surface area contributed by atoms with E-state index in [0.717, 1.165) is 11.3 Å². The molecule has 0 atom stereocenters. The summed E-state index contributed by atoms with van der Waals surface area (Å²) in [5.41, 5.74) is 1.10. The predicted octanol–water partition coefficient (Wildman–Crippen LogP) is 3.50. The van der Waals surface area contributed by atoms with Crippen molar-refractivity contribution in [3.8, 4) is 5.75 Å². The van der Waals surface area contributed by atoms with E-state index in [9.17, 15) is 0 Å². The summed E-state index contributed by atoms with van der Waals surface area (Å²) in [4.78, 5) is 8.36. The molecule has 1 aromatic carbocycles. The molecule has 5 nitrogen and oxygen atoms in total. The Morgan fingerprint density at radius 2 is 2.00 bits per heavy atom. The highest BCUT2D eigenvalue weighted by atomic mass is 79.9. The van der Waals surface area contributed by atoms with Gasteiger partial charge in [-0.2, -0.15) is 0 Å². The van der Waals surface area contributed by atoms with Gasteiger partial charge in [0, 0.05) is 6.54 Å². The topological polar surface area (TPSA) is 59.1 Å². The Balaban J connectivity index is 1.89. The van der Waals surface area contributed by atoms with Gasteiger partial charge in [0.05, 0.1) is 13.3 Å². The molecular formula is C13H12Br2N4OS. The molecule has 2 rings (SSSR count). The number of benzene rings is 1. The first kappa shape index (κ1) is 16.1. The number of rotatable bonds is 4. The number of aromatic nitrogens is 2. The molecule has 0 aliphatic rings. The second-order valence-corrected chi connectivity index (χ2v) is 5.96. The van der Waals surface area contributed by atoms with Crippen molar-refractivity contribution >= 4 is 55.0 Å². The van der Waals surface area contributed by atoms with Crippen molar-refractivity contribution in [2.24, 2.45) is 0 Å². The molecule has 21 heavy (non-hydrogen) atoms. The van der Waals surface area contributed by atoms with Gasteiger partial charge in [0.25, 0.3) is 0 Å². The molecule has 0 bridgehead atoms. The minimum absolute atomic E-state index is 0.475. The van der Waals surface area contributed by atoms with E-state index in [2.05, 4.69) is 52.5 Å². The van der Waals surface area contributed by atoms with Crippen LogP contribution in [-0.2, 0) is 6.54 Å². The van der Waals surface area contributed by atoms with Gasteiger partial charge in [-0.05, 0) is 61.8 Å². The van der Waals surface area contributed by atoms with Crippen LogP contribution in [0.2, 0.25) is 0 Å². The third-order valence-electron chi connectivity index (χ3n) is 2.54. The first-order chi connectivity index (χ1) is 10.1. The zero-order chi connectivity index (χ0) is 15.2. The Kier molecular flexibility index (Phi) is 5.89. The van der Waals surface area contributed by atoms with Gasteiger partial charge in [0.2, 0.25) is 0 Å². The Morgan fingerprint density at radius 1 is 1.29 bits per heavy atom. The third-order valence-corrected chi connectivity index (χ3v) is 3.73. The number of nitrogens with zero attached hydrogens (tertiary/aromatic N) is 2. The molecule has 1 aromatic heterocycles. The lowest BCUT2D eigenvalue weighted by atomic mass is 10.2. The fraction of sp³-hybridized carbons (Fsp3) is 0.154. The van der Waals surface area contributed by atoms with Crippen LogP contribution in [0.25, 0.3) is 0 Å². The maximum absolute atomic E-state index is 5.23. The van der Waals surface area contributed by atoms with Crippen LogP contribution in [0.1, 0.15) is 5.56 Å². The summed E-state index contributed by atoms with van der Waals surface area (Å²) in [6, 6.07) is 7.77. The van der Waals surface area contributed by atoms with Gasteiger partial charge in [-0.3, -0.25) is 0 Å². The summed E-state index contributed by atoms with van der Waals surface area (Å²) < 4.78 is 6.35. The zero-order valence-electron chi connectivity index (χ0n) is 11.1. The van der Waals surface area contributed by atoms with Crippen molar-refractivity contribution in [3.05, 3.63) is 45.2 Å². The Morgan fingerprint density at radius 3 is 2.62 bits per heavy atom. The second-order valence-electron chi connectivity index (χ2n) is 3.99. The minimum atomic E-state index is 0.475. The van der Waals surface area contributed by atoms with Crippen LogP contribution in [0.5, 0.6) is 5.75 Å². The number of ether oxygens (including phenoxy) is 1. The summed E-state index contributed by atoms with van der Waals surface area (Å²) in [5.74, 6) is 1.39. The minimum Gasteiger partial charge on any atom is -0.497 e. The van der Waals surface area contributed by atoms with Crippen LogP contribution in [0.15, 0.2) is 39.7 Å². The molecular weight excluding hydrogens is 420 g/mol. The fourth-order valence-corrected chi connectivity index (χ4v) is 2.59. The van der Waals surface area contributed by atoms with Crippen LogP contribution in [0.3, 0.4) is 0 Å². The van der Waals surface area contributed by atoms with Crippen LogP contribution < -0.4 is 15.4 Å². The van der Waals surface area contributed by atoms with Crippen LogP contribution in [0, 0.1) is 0 Å². The van der Waals surface area contributed by atoms with E-state index >= 15 is 0 Å². The third kappa shape index (κ3) is 4.90. The molecule has 2 aromatic rings. The van der Waals surface area contributed by atoms with E-state index in [1.807, 2.05) is 24.3 Å². The molecule has 0 fully saturated rings. The van der Waals surface area contributed by atoms with Gasteiger partial charge in [0.1, 0.15) is 15.0 Å². The highest BCUT2D eigenvalue weighted by molar-refractivity contribution is 9.11. The lowest BCUT2D eigenvalue weighted by Crippen LogP contribution is -2.28. The largest absolute Gasteiger partial charge is 0.497 e. The molecule has 0 spiro atoms. The molecule has 0 radical (unpaired) electrons. The fourth-order valence-electron chi connectivity index (χ4n) is 1.51. The lowest BCUT2D eigenvalue weighted by Gasteiger charge is -2.11. The number of hydrogen-bond donors (Lipinski definition) is 2. The van der Waals surface area contributed by atoms with E-state index in [1.54, 1.807) is 13.3 Å². The molecule has 2 N–H and O–H groups in total. The van der Waals surface area contributed by atoms with Crippen molar-refractivity contribution in [1.29, 1.82) is 0 Å². The number of methoxy groups -OCH3 is 1. The molecule has 110 valence electrons. The van der Waals surface area contributed by atoms with Crippen molar-refractivity contribution in [1.82, 2.24) is 15.3 Å². The lowest BCUT2D eigenvalue weighted by molar-refractivity contribution is 0.414. The summed E-state index contributed by atoms with van der Waals surface area (Å²) in [6.45, 7) is 0.609. The average molecular weight is 432 g/mol. The molecule has 8 heteroatoms. The van der Waals surface area contributed by atoms with E-state index in [0.29, 0.717) is 26.7 Å². The van der Waals surface area contributed by atoms with Gasteiger partial charge in [-0.1, -0.05) is 12.1 Å². The van der Waals surface area contributed by atoms with E-state index < -0.39 is 0 Å². The molecule has 0 saturated carbocycles. The standard InChI is InChI=1S/C13H12Br2N4OS/c1-20-9-4-2-8(3-5-9)6-17-13(21)19-12-11(15)18-10(14)7-16-12/h2-5,7H,6H2,1H3,(H2,16,17,19,21). The zero-order valence-corrected chi connectivity index (χ0v) is 15.0. The Hall–Kier alpha value is -1.25. The van der Waals surface area contributed by atoms with Crippen LogP contribution in [-0.4, -0.2) is 22.2 Å². The van der Waals surface area contributed by atoms with Gasteiger partial charge in [-0.15, -0.1) is 0 Å². The monoisotopic (exact) mass is 430 g/mol. The summed E-state index contributed by atoms with van der Waals surface area (Å²) in [7, 11) is 1.64. The maximum Gasteiger partial charge on any atom is 0.172 e. The number of anilines is 1. The number of hydrogen-bond acceptors (Lipinski definition) is 4. The quantitative estimate of drug-likeness (QED) is 0.722. The molecule has 0 saturated heterocycles. The van der Waals surface area contributed by atoms with Crippen molar-refractivity contribution in [2.45, 2.75) is 6.54 Å². The first-order valence-electron chi connectivity index (χ1n) is 5.94. The summed E-state index contributed by atoms with van der Waals surface area (Å²) in [6.07, 6.45) is 1.60. The average Bonchev–Trinajstić information content (AvgIpc) is 2.48. The molecule has 0 amide bonds. The molecule has 0 unspecified atom stereocenters. The highest BCUT2D eigenvalue weighted by Crippen LogP contribution is 2.19. The van der Waals surface area contributed by atoms with Gasteiger partial charge >= 0.3 is 0 Å². The smallest absolute Gasteiger partial charge is 0.172 e. The van der Waals surface area contributed by atoms with Gasteiger partial charge < -0.3 is 15.4 Å². The SMILES string of the molecule is COc1ccc(CNC(=S)Nc2ncc(Br)nc2Br)cc1. The predicted molar refractivity (Wildman–Crippen MR) is 93.5 cm³/mol. The number of thiocarbonyl (C=S) groups is 1. The van der Waals surface area contributed by atoms with Crippen molar-refractivity contribution in [2.75, 3.05) is 12.4 Å². The second kappa shape index (κ2) is 7.67. The van der Waals surface area contributed by atoms with Crippen molar-refractivity contribution in [3.63, 3.8) is 0 Å². The summed E-state index contributed by atoms with van der Waals surface area (Å²) >= 11 is 11.8. The first-order valence-corrected chi connectivity index (χ1v) is 7.93. The van der Waals surface area contributed by atoms with E-state index in [4.69, 9.17) is 17.0 Å². The highest BCUT2D eigenvalue weighted by Gasteiger charge is 2.05. The van der Waals surface area contributed by atoms with Gasteiger partial charge in [0.15, 0.2) is 10.9 Å². The number of halogens is 2. The maximum atomic E-state index is 5.23. The Bertz CT molecular complexity index is 637. The molecule has 0 aliphatic carbocycles.